The molecule has 0 saturated heterocycles. The molecule has 1 aromatic heterocycles. The molecule has 1 amide bonds. The van der Waals surface area contributed by atoms with Crippen molar-refractivity contribution >= 4 is 23.2 Å². The summed E-state index contributed by atoms with van der Waals surface area (Å²) in [5, 5.41) is 7.01. The van der Waals surface area contributed by atoms with Crippen molar-refractivity contribution in [1.82, 2.24) is 9.78 Å². The second kappa shape index (κ2) is 6.32. The molecule has 3 aromatic rings. The van der Waals surface area contributed by atoms with E-state index in [4.69, 9.17) is 0 Å². The van der Waals surface area contributed by atoms with Crippen LogP contribution in [-0.2, 0) is 6.54 Å². The summed E-state index contributed by atoms with van der Waals surface area (Å²) in [6.07, 6.45) is 0. The molecule has 6 nitrogen and oxygen atoms in total. The normalized spacial score (nSPS) is 12.5. The van der Waals surface area contributed by atoms with E-state index < -0.39 is 0 Å². The molecule has 1 N–H and O–H groups in total. The average Bonchev–Trinajstić information content (AvgIpc) is 3.07. The third kappa shape index (κ3) is 2.75. The zero-order chi connectivity index (χ0) is 19.1. The summed E-state index contributed by atoms with van der Waals surface area (Å²) in [6, 6.07) is 13.2. The first-order valence-corrected chi connectivity index (χ1v) is 8.68. The van der Waals surface area contributed by atoms with E-state index in [2.05, 4.69) is 10.4 Å². The quantitative estimate of drug-likeness (QED) is 0.609. The predicted molar refractivity (Wildman–Crippen MR) is 100 cm³/mol. The second-order valence-electron chi connectivity index (χ2n) is 6.41. The second-order valence-corrected chi connectivity index (χ2v) is 6.41. The highest BCUT2D eigenvalue weighted by Crippen LogP contribution is 2.29. The number of hydrogen-bond acceptors (Lipinski definition) is 4. The maximum atomic E-state index is 12.8. The van der Waals surface area contributed by atoms with E-state index in [1.165, 1.54) is 0 Å². The van der Waals surface area contributed by atoms with Crippen LogP contribution in [-0.4, -0.2) is 27.3 Å². The lowest BCUT2D eigenvalue weighted by molar-refractivity contribution is 0.0979. The number of carbonyl (C=O) groups is 3. The zero-order valence-electron chi connectivity index (χ0n) is 14.9. The summed E-state index contributed by atoms with van der Waals surface area (Å²) in [6.45, 7) is 4.51. The molecule has 1 aliphatic rings. The lowest BCUT2D eigenvalue weighted by Gasteiger charge is -2.18. The molecular formula is C21H17N3O3. The van der Waals surface area contributed by atoms with Gasteiger partial charge in [0.15, 0.2) is 17.3 Å². The lowest BCUT2D eigenvalue weighted by Crippen LogP contribution is -2.21. The number of rotatable bonds is 3. The van der Waals surface area contributed by atoms with Gasteiger partial charge in [0.05, 0.1) is 0 Å². The van der Waals surface area contributed by atoms with Crippen LogP contribution in [0.2, 0.25) is 0 Å². The van der Waals surface area contributed by atoms with Gasteiger partial charge in [0.1, 0.15) is 0 Å². The van der Waals surface area contributed by atoms with Crippen molar-refractivity contribution in [2.45, 2.75) is 20.4 Å². The highest BCUT2D eigenvalue weighted by Gasteiger charge is 2.29. The van der Waals surface area contributed by atoms with E-state index in [1.807, 2.05) is 13.8 Å². The number of nitrogens with one attached hydrogen (secondary N) is 1. The fourth-order valence-corrected chi connectivity index (χ4v) is 3.31. The molecule has 0 spiro atoms. The summed E-state index contributed by atoms with van der Waals surface area (Å²) < 4.78 is 1.74. The number of aromatic nitrogens is 2. The van der Waals surface area contributed by atoms with Gasteiger partial charge in [0.2, 0.25) is 0 Å². The van der Waals surface area contributed by atoms with Crippen LogP contribution in [0.25, 0.3) is 0 Å². The number of aryl methyl sites for hydroxylation is 2. The van der Waals surface area contributed by atoms with Crippen LogP contribution in [0.1, 0.15) is 54.9 Å². The molecule has 6 heteroatoms. The van der Waals surface area contributed by atoms with Gasteiger partial charge < -0.3 is 5.32 Å². The van der Waals surface area contributed by atoms with Crippen LogP contribution in [0.3, 0.4) is 0 Å². The standard InChI is InChI=1S/C21H17N3O3/c1-3-24-12(2)10-18(23-24)21(27)22-13-8-9-16-17(11-13)20(26)15-7-5-4-6-14(15)19(16)25/h4-11H,3H2,1-2H3,(H,22,27). The molecule has 1 heterocycles. The molecule has 0 atom stereocenters. The number of carbonyl (C=O) groups excluding carboxylic acids is 3. The Labute approximate surface area is 155 Å². The van der Waals surface area contributed by atoms with Gasteiger partial charge in [-0.05, 0) is 38.1 Å². The Bertz CT molecular complexity index is 1110. The van der Waals surface area contributed by atoms with Gasteiger partial charge in [-0.2, -0.15) is 5.10 Å². The molecule has 27 heavy (non-hydrogen) atoms. The van der Waals surface area contributed by atoms with E-state index in [9.17, 15) is 14.4 Å². The minimum Gasteiger partial charge on any atom is -0.321 e. The first kappa shape index (κ1) is 16.9. The van der Waals surface area contributed by atoms with Crippen LogP contribution in [0, 0.1) is 6.92 Å². The SMILES string of the molecule is CCn1nc(C(=O)Nc2ccc3c(c2)C(=O)c2ccccc2C3=O)cc1C. The average molecular weight is 359 g/mol. The van der Waals surface area contributed by atoms with E-state index in [1.54, 1.807) is 53.2 Å². The number of benzene rings is 2. The summed E-state index contributed by atoms with van der Waals surface area (Å²) in [7, 11) is 0. The molecule has 1 aliphatic carbocycles. The molecule has 2 aromatic carbocycles. The molecule has 0 saturated carbocycles. The Hall–Kier alpha value is -3.54. The van der Waals surface area contributed by atoms with Crippen molar-refractivity contribution in [3.05, 3.63) is 82.2 Å². The predicted octanol–water partition coefficient (Wildman–Crippen LogP) is 3.24. The molecule has 0 radical (unpaired) electrons. The third-order valence-electron chi connectivity index (χ3n) is 4.70. The van der Waals surface area contributed by atoms with Crippen LogP contribution >= 0.6 is 0 Å². The number of ketones is 2. The van der Waals surface area contributed by atoms with Crippen molar-refractivity contribution in [3.63, 3.8) is 0 Å². The summed E-state index contributed by atoms with van der Waals surface area (Å²) in [5.41, 5.74) is 3.09. The van der Waals surface area contributed by atoms with Crippen molar-refractivity contribution in [3.8, 4) is 0 Å². The van der Waals surface area contributed by atoms with Crippen LogP contribution in [0.5, 0.6) is 0 Å². The van der Waals surface area contributed by atoms with E-state index in [-0.39, 0.29) is 17.5 Å². The monoisotopic (exact) mass is 359 g/mol. The van der Waals surface area contributed by atoms with Crippen molar-refractivity contribution in [2.75, 3.05) is 5.32 Å². The highest BCUT2D eigenvalue weighted by molar-refractivity contribution is 6.28. The first-order valence-electron chi connectivity index (χ1n) is 8.68. The Morgan fingerprint density at radius 3 is 2.22 bits per heavy atom. The minimum atomic E-state index is -0.361. The fraction of sp³-hybridized carbons (Fsp3) is 0.143. The van der Waals surface area contributed by atoms with Crippen molar-refractivity contribution in [2.24, 2.45) is 0 Å². The van der Waals surface area contributed by atoms with Crippen LogP contribution in [0.4, 0.5) is 5.69 Å². The number of hydrogen-bond donors (Lipinski definition) is 1. The van der Waals surface area contributed by atoms with Gasteiger partial charge in [-0.3, -0.25) is 19.1 Å². The Balaban J connectivity index is 1.66. The number of anilines is 1. The number of amides is 1. The van der Waals surface area contributed by atoms with Crippen molar-refractivity contribution in [1.29, 1.82) is 0 Å². The maximum Gasteiger partial charge on any atom is 0.276 e. The Morgan fingerprint density at radius 2 is 1.59 bits per heavy atom. The van der Waals surface area contributed by atoms with Gasteiger partial charge in [-0.1, -0.05) is 24.3 Å². The molecule has 0 unspecified atom stereocenters. The molecule has 0 fully saturated rings. The van der Waals surface area contributed by atoms with Gasteiger partial charge >= 0.3 is 0 Å². The van der Waals surface area contributed by atoms with Gasteiger partial charge in [-0.15, -0.1) is 0 Å². The van der Waals surface area contributed by atoms with Crippen LogP contribution < -0.4 is 5.32 Å². The summed E-state index contributed by atoms with van der Waals surface area (Å²) in [5.74, 6) is -0.766. The van der Waals surface area contributed by atoms with Gasteiger partial charge in [0, 0.05) is 40.2 Å². The van der Waals surface area contributed by atoms with Gasteiger partial charge in [0.25, 0.3) is 5.91 Å². The van der Waals surface area contributed by atoms with E-state index in [0.717, 1.165) is 5.69 Å². The highest BCUT2D eigenvalue weighted by atomic mass is 16.2. The molecular weight excluding hydrogens is 342 g/mol. The first-order chi connectivity index (χ1) is 13.0. The van der Waals surface area contributed by atoms with E-state index >= 15 is 0 Å². The smallest absolute Gasteiger partial charge is 0.276 e. The zero-order valence-corrected chi connectivity index (χ0v) is 14.9. The molecule has 4 rings (SSSR count). The fourth-order valence-electron chi connectivity index (χ4n) is 3.31. The Morgan fingerprint density at radius 1 is 0.963 bits per heavy atom. The van der Waals surface area contributed by atoms with E-state index in [0.29, 0.717) is 40.2 Å². The summed E-state index contributed by atoms with van der Waals surface area (Å²) >= 11 is 0. The van der Waals surface area contributed by atoms with Crippen molar-refractivity contribution < 1.29 is 14.4 Å². The maximum absolute atomic E-state index is 12.8. The number of nitrogens with zero attached hydrogens (tertiary/aromatic N) is 2. The topological polar surface area (TPSA) is 81.1 Å². The Kier molecular flexibility index (Phi) is 3.96. The minimum absolute atomic E-state index is 0.185. The third-order valence-corrected chi connectivity index (χ3v) is 4.70. The summed E-state index contributed by atoms with van der Waals surface area (Å²) in [4.78, 5) is 37.9. The molecule has 134 valence electrons. The number of fused-ring (bicyclic) bond motifs is 2. The van der Waals surface area contributed by atoms with Crippen LogP contribution in [0.15, 0.2) is 48.5 Å². The van der Waals surface area contributed by atoms with Gasteiger partial charge in [-0.25, -0.2) is 0 Å². The lowest BCUT2D eigenvalue weighted by atomic mass is 9.84. The molecule has 0 aliphatic heterocycles. The molecule has 0 bridgehead atoms. The largest absolute Gasteiger partial charge is 0.321 e.